The van der Waals surface area contributed by atoms with E-state index in [0.717, 1.165) is 24.2 Å². The molecule has 0 fully saturated rings. The summed E-state index contributed by atoms with van der Waals surface area (Å²) in [4.78, 5) is 13.6. The van der Waals surface area contributed by atoms with Crippen molar-refractivity contribution in [2.24, 2.45) is 5.84 Å². The predicted molar refractivity (Wildman–Crippen MR) is 72.0 cm³/mol. The number of nitrogens with zero attached hydrogens (tertiary/aromatic N) is 1. The molecule has 0 atom stereocenters. The van der Waals surface area contributed by atoms with Crippen molar-refractivity contribution in [3.63, 3.8) is 0 Å². The smallest absolute Gasteiger partial charge is 0.265 e. The number of rotatable bonds is 5. The molecule has 0 spiro atoms. The largest absolute Gasteiger partial charge is 0.472 e. The summed E-state index contributed by atoms with van der Waals surface area (Å²) in [6.45, 7) is 1.54. The summed E-state index contributed by atoms with van der Waals surface area (Å²) >= 11 is 0. The van der Waals surface area contributed by atoms with E-state index < -0.39 is 0 Å². The van der Waals surface area contributed by atoms with E-state index in [-0.39, 0.29) is 5.91 Å². The van der Waals surface area contributed by atoms with Crippen LogP contribution in [0.4, 0.5) is 0 Å². The van der Waals surface area contributed by atoms with Crippen LogP contribution in [0, 0.1) is 0 Å². The lowest BCUT2D eigenvalue weighted by atomic mass is 10.1. The second-order valence-electron chi connectivity index (χ2n) is 4.48. The zero-order valence-corrected chi connectivity index (χ0v) is 10.8. The van der Waals surface area contributed by atoms with Gasteiger partial charge in [0.05, 0.1) is 12.5 Å². The molecule has 0 aliphatic rings. The number of nitrogens with one attached hydrogen (secondary N) is 1. The van der Waals surface area contributed by atoms with E-state index in [2.05, 4.69) is 10.3 Å². The molecule has 1 heterocycles. The molecule has 5 nitrogen and oxygen atoms in total. The van der Waals surface area contributed by atoms with Gasteiger partial charge in [0.15, 0.2) is 0 Å². The first kappa shape index (κ1) is 13.3. The number of carbonyl (C=O) groups excluding carboxylic acids is 1. The van der Waals surface area contributed by atoms with Gasteiger partial charge in [0, 0.05) is 24.2 Å². The maximum Gasteiger partial charge on any atom is 0.265 e. The minimum atomic E-state index is -0.278. The van der Waals surface area contributed by atoms with Crippen molar-refractivity contribution in [2.45, 2.75) is 13.1 Å². The fourth-order valence-corrected chi connectivity index (χ4v) is 1.96. The Labute approximate surface area is 112 Å². The second kappa shape index (κ2) is 6.17. The van der Waals surface area contributed by atoms with E-state index in [0.29, 0.717) is 5.56 Å². The fourth-order valence-electron chi connectivity index (χ4n) is 1.96. The lowest BCUT2D eigenvalue weighted by Gasteiger charge is -2.16. The van der Waals surface area contributed by atoms with Crippen molar-refractivity contribution in [1.29, 1.82) is 0 Å². The van der Waals surface area contributed by atoms with Crippen LogP contribution in [-0.4, -0.2) is 17.9 Å². The van der Waals surface area contributed by atoms with Crippen LogP contribution in [-0.2, 0) is 13.1 Å². The quantitative estimate of drug-likeness (QED) is 0.485. The number of hydrogen-bond acceptors (Lipinski definition) is 4. The Balaban J connectivity index is 2.00. The number of carbonyl (C=O) groups is 1. The summed E-state index contributed by atoms with van der Waals surface area (Å²) in [5.74, 6) is 4.85. The van der Waals surface area contributed by atoms with Crippen LogP contribution in [0.3, 0.4) is 0 Å². The third kappa shape index (κ3) is 3.67. The molecule has 5 heteroatoms. The molecule has 0 saturated heterocycles. The van der Waals surface area contributed by atoms with Gasteiger partial charge >= 0.3 is 0 Å². The lowest BCUT2D eigenvalue weighted by Crippen LogP contribution is -2.30. The number of furan rings is 1. The SMILES string of the molecule is CN(Cc1ccoc1)Cc1cccc(C(=O)NN)c1. The maximum atomic E-state index is 11.4. The maximum absolute atomic E-state index is 11.4. The molecule has 1 aromatic heterocycles. The molecule has 0 bridgehead atoms. The van der Waals surface area contributed by atoms with Crippen LogP contribution in [0.2, 0.25) is 0 Å². The molecule has 0 radical (unpaired) electrons. The number of hydrazine groups is 1. The first-order valence-electron chi connectivity index (χ1n) is 5.98. The van der Waals surface area contributed by atoms with Gasteiger partial charge in [-0.25, -0.2) is 5.84 Å². The van der Waals surface area contributed by atoms with Gasteiger partial charge in [0.1, 0.15) is 0 Å². The molecule has 0 aliphatic heterocycles. The molecular weight excluding hydrogens is 242 g/mol. The molecule has 2 aromatic rings. The molecule has 0 aliphatic carbocycles. The van der Waals surface area contributed by atoms with E-state index in [1.54, 1.807) is 18.6 Å². The van der Waals surface area contributed by atoms with Gasteiger partial charge in [0.2, 0.25) is 0 Å². The summed E-state index contributed by atoms with van der Waals surface area (Å²) < 4.78 is 5.04. The van der Waals surface area contributed by atoms with Crippen LogP contribution in [0.25, 0.3) is 0 Å². The molecule has 2 rings (SSSR count). The van der Waals surface area contributed by atoms with Gasteiger partial charge in [0.25, 0.3) is 5.91 Å². The van der Waals surface area contributed by atoms with Gasteiger partial charge in [-0.2, -0.15) is 0 Å². The highest BCUT2D eigenvalue weighted by atomic mass is 16.3. The molecular formula is C14H17N3O2. The average molecular weight is 259 g/mol. The van der Waals surface area contributed by atoms with Gasteiger partial charge < -0.3 is 4.42 Å². The van der Waals surface area contributed by atoms with E-state index in [9.17, 15) is 4.79 Å². The number of amides is 1. The Morgan fingerprint density at radius 3 is 2.79 bits per heavy atom. The van der Waals surface area contributed by atoms with Crippen molar-refractivity contribution in [2.75, 3.05) is 7.05 Å². The highest BCUT2D eigenvalue weighted by Crippen LogP contribution is 2.10. The molecule has 0 unspecified atom stereocenters. The van der Waals surface area contributed by atoms with Gasteiger partial charge in [-0.15, -0.1) is 0 Å². The molecule has 19 heavy (non-hydrogen) atoms. The van der Waals surface area contributed by atoms with Crippen molar-refractivity contribution in [3.8, 4) is 0 Å². The zero-order valence-electron chi connectivity index (χ0n) is 10.8. The van der Waals surface area contributed by atoms with Crippen molar-refractivity contribution in [1.82, 2.24) is 10.3 Å². The summed E-state index contributed by atoms with van der Waals surface area (Å²) in [5.41, 5.74) is 4.89. The van der Waals surface area contributed by atoms with E-state index in [1.807, 2.05) is 31.3 Å². The van der Waals surface area contributed by atoms with Crippen molar-refractivity contribution >= 4 is 5.91 Å². The number of hydrogen-bond donors (Lipinski definition) is 2. The third-order valence-electron chi connectivity index (χ3n) is 2.81. The van der Waals surface area contributed by atoms with Crippen molar-refractivity contribution < 1.29 is 9.21 Å². The van der Waals surface area contributed by atoms with Crippen molar-refractivity contribution in [3.05, 3.63) is 59.5 Å². The molecule has 100 valence electrons. The Hall–Kier alpha value is -2.11. The normalized spacial score (nSPS) is 10.7. The number of nitrogens with two attached hydrogens (primary N) is 1. The van der Waals surface area contributed by atoms with Gasteiger partial charge in [-0.3, -0.25) is 15.1 Å². The summed E-state index contributed by atoms with van der Waals surface area (Å²) in [5, 5.41) is 0. The minimum absolute atomic E-state index is 0.278. The minimum Gasteiger partial charge on any atom is -0.472 e. The van der Waals surface area contributed by atoms with Crippen LogP contribution in [0.1, 0.15) is 21.5 Å². The summed E-state index contributed by atoms with van der Waals surface area (Å²) in [6.07, 6.45) is 3.39. The Morgan fingerprint density at radius 2 is 2.11 bits per heavy atom. The first-order valence-corrected chi connectivity index (χ1v) is 5.98. The fraction of sp³-hybridized carbons (Fsp3) is 0.214. The first-order chi connectivity index (χ1) is 9.19. The molecule has 1 amide bonds. The number of benzene rings is 1. The van der Waals surface area contributed by atoms with E-state index in [1.165, 1.54) is 0 Å². The van der Waals surface area contributed by atoms with Crippen LogP contribution >= 0.6 is 0 Å². The highest BCUT2D eigenvalue weighted by Gasteiger charge is 2.06. The van der Waals surface area contributed by atoms with E-state index >= 15 is 0 Å². The lowest BCUT2D eigenvalue weighted by molar-refractivity contribution is 0.0953. The second-order valence-corrected chi connectivity index (χ2v) is 4.48. The predicted octanol–water partition coefficient (Wildman–Crippen LogP) is 1.52. The van der Waals surface area contributed by atoms with E-state index in [4.69, 9.17) is 10.3 Å². The number of nitrogen functional groups attached to an aromatic ring is 1. The van der Waals surface area contributed by atoms with Crippen LogP contribution < -0.4 is 11.3 Å². The average Bonchev–Trinajstić information content (AvgIpc) is 2.90. The molecule has 1 aromatic carbocycles. The summed E-state index contributed by atoms with van der Waals surface area (Å²) in [7, 11) is 2.02. The van der Waals surface area contributed by atoms with Crippen LogP contribution in [0.5, 0.6) is 0 Å². The Kier molecular flexibility index (Phi) is 4.33. The Bertz CT molecular complexity index is 537. The molecule has 0 saturated carbocycles. The Morgan fingerprint density at radius 1 is 1.32 bits per heavy atom. The summed E-state index contributed by atoms with van der Waals surface area (Å²) in [6, 6.07) is 9.36. The third-order valence-corrected chi connectivity index (χ3v) is 2.81. The topological polar surface area (TPSA) is 71.5 Å². The van der Waals surface area contributed by atoms with Crippen LogP contribution in [0.15, 0.2) is 47.3 Å². The van der Waals surface area contributed by atoms with Gasteiger partial charge in [-0.05, 0) is 30.8 Å². The zero-order chi connectivity index (χ0) is 13.7. The van der Waals surface area contributed by atoms with Gasteiger partial charge in [-0.1, -0.05) is 12.1 Å². The monoisotopic (exact) mass is 259 g/mol. The molecule has 3 N–H and O–H groups in total. The highest BCUT2D eigenvalue weighted by molar-refractivity contribution is 5.93. The standard InChI is InChI=1S/C14H17N3O2/c1-17(9-12-5-6-19-10-12)8-11-3-2-4-13(7-11)14(18)16-15/h2-7,10H,8-9,15H2,1H3,(H,16,18).